The third-order valence-electron chi connectivity index (χ3n) is 2.61. The smallest absolute Gasteiger partial charge is 0.404 e. The van der Waals surface area contributed by atoms with Crippen molar-refractivity contribution < 1.29 is 14.3 Å². The first-order chi connectivity index (χ1) is 5.82. The van der Waals surface area contributed by atoms with E-state index in [1.165, 1.54) is 0 Å². The second-order valence-corrected chi connectivity index (χ2v) is 4.70. The van der Waals surface area contributed by atoms with Crippen LogP contribution in [0.4, 0.5) is 9.18 Å². The van der Waals surface area contributed by atoms with Gasteiger partial charge in [-0.1, -0.05) is 20.8 Å². The Morgan fingerprint density at radius 3 is 2.38 bits per heavy atom. The zero-order chi connectivity index (χ0) is 10.2. The van der Waals surface area contributed by atoms with Gasteiger partial charge in [-0.15, -0.1) is 0 Å². The number of carbonyl (C=O) groups is 1. The Labute approximate surface area is 77.3 Å². The van der Waals surface area contributed by atoms with Crippen LogP contribution in [0.3, 0.4) is 0 Å². The molecule has 0 aromatic rings. The SMILES string of the molecule is CC(C)(C)C1C(F)CC1NC(=O)O. The third kappa shape index (κ3) is 2.11. The summed E-state index contributed by atoms with van der Waals surface area (Å²) >= 11 is 0. The molecular formula is C9H16FNO2. The Morgan fingerprint density at radius 1 is 1.54 bits per heavy atom. The average Bonchev–Trinajstić information content (AvgIpc) is 1.79. The minimum atomic E-state index is -1.06. The highest BCUT2D eigenvalue weighted by molar-refractivity contribution is 5.65. The van der Waals surface area contributed by atoms with Crippen molar-refractivity contribution in [3.05, 3.63) is 0 Å². The maximum atomic E-state index is 13.1. The number of hydrogen-bond donors (Lipinski definition) is 2. The molecule has 1 aliphatic rings. The van der Waals surface area contributed by atoms with Crippen molar-refractivity contribution in [1.82, 2.24) is 5.32 Å². The molecule has 76 valence electrons. The lowest BCUT2D eigenvalue weighted by Gasteiger charge is -2.47. The quantitative estimate of drug-likeness (QED) is 0.663. The molecule has 1 amide bonds. The number of nitrogens with one attached hydrogen (secondary N) is 1. The lowest BCUT2D eigenvalue weighted by Crippen LogP contribution is -2.58. The second-order valence-electron chi connectivity index (χ2n) is 4.70. The van der Waals surface area contributed by atoms with Crippen molar-refractivity contribution in [2.45, 2.75) is 39.4 Å². The van der Waals surface area contributed by atoms with Gasteiger partial charge < -0.3 is 10.4 Å². The Balaban J connectivity index is 2.56. The number of carboxylic acid groups (broad SMARTS) is 1. The van der Waals surface area contributed by atoms with Gasteiger partial charge >= 0.3 is 6.09 Å². The van der Waals surface area contributed by atoms with Crippen LogP contribution in [0, 0.1) is 11.3 Å². The van der Waals surface area contributed by atoms with Crippen molar-refractivity contribution in [3.8, 4) is 0 Å². The minimum absolute atomic E-state index is 0.176. The number of rotatable bonds is 1. The highest BCUT2D eigenvalue weighted by atomic mass is 19.1. The van der Waals surface area contributed by atoms with Gasteiger partial charge in [-0.05, 0) is 11.8 Å². The van der Waals surface area contributed by atoms with Crippen molar-refractivity contribution >= 4 is 6.09 Å². The van der Waals surface area contributed by atoms with Crippen molar-refractivity contribution in [2.24, 2.45) is 11.3 Å². The first-order valence-electron chi connectivity index (χ1n) is 4.46. The van der Waals surface area contributed by atoms with Crippen LogP contribution >= 0.6 is 0 Å². The van der Waals surface area contributed by atoms with E-state index in [4.69, 9.17) is 5.11 Å². The molecular weight excluding hydrogens is 173 g/mol. The molecule has 3 atom stereocenters. The first kappa shape index (κ1) is 10.3. The molecule has 1 saturated carbocycles. The summed E-state index contributed by atoms with van der Waals surface area (Å²) in [5, 5.41) is 10.8. The van der Waals surface area contributed by atoms with Crippen LogP contribution in [-0.4, -0.2) is 23.4 Å². The Morgan fingerprint density at radius 2 is 2.08 bits per heavy atom. The molecule has 1 fully saturated rings. The van der Waals surface area contributed by atoms with E-state index in [1.54, 1.807) is 0 Å². The van der Waals surface area contributed by atoms with Crippen LogP contribution in [-0.2, 0) is 0 Å². The molecule has 0 aliphatic heterocycles. The summed E-state index contributed by atoms with van der Waals surface area (Å²) in [6.45, 7) is 5.79. The lowest BCUT2D eigenvalue weighted by molar-refractivity contribution is -0.0117. The Bertz CT molecular complexity index is 212. The standard InChI is InChI=1S/C9H16FNO2/c1-9(2,3)7-5(10)4-6(7)11-8(12)13/h5-7,11H,4H2,1-3H3,(H,12,13). The molecule has 13 heavy (non-hydrogen) atoms. The van der Waals surface area contributed by atoms with Crippen LogP contribution in [0.1, 0.15) is 27.2 Å². The molecule has 0 aromatic heterocycles. The fourth-order valence-electron chi connectivity index (χ4n) is 2.05. The average molecular weight is 189 g/mol. The molecule has 3 nitrogen and oxygen atoms in total. The lowest BCUT2D eigenvalue weighted by atomic mass is 9.64. The van der Waals surface area contributed by atoms with Gasteiger partial charge in [0.05, 0.1) is 0 Å². The molecule has 1 aliphatic carbocycles. The molecule has 1 rings (SSSR count). The van der Waals surface area contributed by atoms with Gasteiger partial charge in [-0.3, -0.25) is 0 Å². The fourth-order valence-corrected chi connectivity index (χ4v) is 2.05. The number of hydrogen-bond acceptors (Lipinski definition) is 1. The van der Waals surface area contributed by atoms with E-state index in [0.29, 0.717) is 6.42 Å². The summed E-state index contributed by atoms with van der Waals surface area (Å²) < 4.78 is 13.1. The van der Waals surface area contributed by atoms with E-state index in [1.807, 2.05) is 20.8 Å². The van der Waals surface area contributed by atoms with Gasteiger partial charge in [0, 0.05) is 12.0 Å². The Kier molecular flexibility index (Phi) is 2.50. The third-order valence-corrected chi connectivity index (χ3v) is 2.61. The maximum Gasteiger partial charge on any atom is 0.404 e. The van der Waals surface area contributed by atoms with E-state index < -0.39 is 12.3 Å². The molecule has 0 spiro atoms. The van der Waals surface area contributed by atoms with E-state index in [9.17, 15) is 9.18 Å². The molecule has 0 saturated heterocycles. The van der Waals surface area contributed by atoms with Crippen molar-refractivity contribution in [3.63, 3.8) is 0 Å². The van der Waals surface area contributed by atoms with Gasteiger partial charge in [0.25, 0.3) is 0 Å². The van der Waals surface area contributed by atoms with Crippen LogP contribution in [0.5, 0.6) is 0 Å². The fraction of sp³-hybridized carbons (Fsp3) is 0.889. The zero-order valence-corrected chi connectivity index (χ0v) is 8.17. The summed E-state index contributed by atoms with van der Waals surface area (Å²) in [6, 6.07) is -0.215. The van der Waals surface area contributed by atoms with E-state index in [2.05, 4.69) is 5.32 Å². The van der Waals surface area contributed by atoms with Gasteiger partial charge in [0.15, 0.2) is 0 Å². The topological polar surface area (TPSA) is 49.3 Å². The molecule has 0 aromatic carbocycles. The number of amides is 1. The first-order valence-corrected chi connectivity index (χ1v) is 4.46. The van der Waals surface area contributed by atoms with E-state index >= 15 is 0 Å². The summed E-state index contributed by atoms with van der Waals surface area (Å²) in [5.74, 6) is -0.191. The maximum absolute atomic E-state index is 13.1. The van der Waals surface area contributed by atoms with Gasteiger partial charge in [-0.2, -0.15) is 0 Å². The Hall–Kier alpha value is -0.800. The zero-order valence-electron chi connectivity index (χ0n) is 8.17. The summed E-state index contributed by atoms with van der Waals surface area (Å²) in [7, 11) is 0. The van der Waals surface area contributed by atoms with Gasteiger partial charge in [0.2, 0.25) is 0 Å². The van der Waals surface area contributed by atoms with Crippen LogP contribution in [0.2, 0.25) is 0 Å². The monoisotopic (exact) mass is 189 g/mol. The number of alkyl halides is 1. The van der Waals surface area contributed by atoms with Gasteiger partial charge in [0.1, 0.15) is 6.17 Å². The van der Waals surface area contributed by atoms with E-state index in [0.717, 1.165) is 0 Å². The van der Waals surface area contributed by atoms with Gasteiger partial charge in [-0.25, -0.2) is 9.18 Å². The number of halogens is 1. The van der Waals surface area contributed by atoms with Crippen LogP contribution in [0.25, 0.3) is 0 Å². The molecule has 0 heterocycles. The normalized spacial score (nSPS) is 33.7. The predicted octanol–water partition coefficient (Wildman–Crippen LogP) is 2.03. The summed E-state index contributed by atoms with van der Waals surface area (Å²) in [5.41, 5.74) is -0.176. The molecule has 0 bridgehead atoms. The molecule has 2 N–H and O–H groups in total. The highest BCUT2D eigenvalue weighted by Crippen LogP contribution is 2.43. The summed E-state index contributed by atoms with van der Waals surface area (Å²) in [6.07, 6.45) is -1.61. The van der Waals surface area contributed by atoms with E-state index in [-0.39, 0.29) is 17.4 Å². The summed E-state index contributed by atoms with van der Waals surface area (Å²) in [4.78, 5) is 10.3. The van der Waals surface area contributed by atoms with Crippen molar-refractivity contribution in [2.75, 3.05) is 0 Å². The molecule has 3 unspecified atom stereocenters. The van der Waals surface area contributed by atoms with Crippen molar-refractivity contribution in [1.29, 1.82) is 0 Å². The second kappa shape index (κ2) is 3.16. The molecule has 0 radical (unpaired) electrons. The molecule has 4 heteroatoms. The van der Waals surface area contributed by atoms with Crippen LogP contribution in [0.15, 0.2) is 0 Å². The largest absolute Gasteiger partial charge is 0.465 e. The minimum Gasteiger partial charge on any atom is -0.465 e. The highest BCUT2D eigenvalue weighted by Gasteiger charge is 2.48. The van der Waals surface area contributed by atoms with Crippen LogP contribution < -0.4 is 5.32 Å². The predicted molar refractivity (Wildman–Crippen MR) is 47.4 cm³/mol.